The first kappa shape index (κ1) is 16.0. The Bertz CT molecular complexity index is 502. The summed E-state index contributed by atoms with van der Waals surface area (Å²) < 4.78 is 5.46. The molecule has 6 heteroatoms. The number of rotatable bonds is 5. The highest BCUT2D eigenvalue weighted by Crippen LogP contribution is 2.22. The molecule has 0 aromatic carbocycles. The van der Waals surface area contributed by atoms with Gasteiger partial charge in [-0.1, -0.05) is 18.5 Å². The fraction of sp³-hybridized carbons (Fsp3) is 0.600. The minimum atomic E-state index is -0.334. The fourth-order valence-electron chi connectivity index (χ4n) is 2.34. The molecule has 116 valence electrons. The molecular weight excluding hydrogens is 290 g/mol. The summed E-state index contributed by atoms with van der Waals surface area (Å²) in [5.74, 6) is 0.478. The molecule has 2 heterocycles. The minimum Gasteiger partial charge on any atom is -0.379 e. The molecule has 1 atom stereocenters. The van der Waals surface area contributed by atoms with Crippen molar-refractivity contribution in [1.82, 2.24) is 10.3 Å². The summed E-state index contributed by atoms with van der Waals surface area (Å²) in [6.07, 6.45) is 4.35. The van der Waals surface area contributed by atoms with E-state index in [4.69, 9.17) is 16.3 Å². The number of carbonyl (C=O) groups is 1. The highest BCUT2D eigenvalue weighted by Gasteiger charge is 2.30. The number of pyridine rings is 1. The third-order valence-electron chi connectivity index (χ3n) is 3.51. The molecule has 1 aromatic heterocycles. The van der Waals surface area contributed by atoms with Gasteiger partial charge in [-0.15, -0.1) is 0 Å². The highest BCUT2D eigenvalue weighted by atomic mass is 35.5. The summed E-state index contributed by atoms with van der Waals surface area (Å²) in [5.41, 5.74) is 0.107. The maximum absolute atomic E-state index is 12.5. The predicted octanol–water partition coefficient (Wildman–Crippen LogP) is 2.86. The summed E-state index contributed by atoms with van der Waals surface area (Å²) >= 11 is 6.11. The van der Waals surface area contributed by atoms with Crippen LogP contribution in [0.2, 0.25) is 5.02 Å². The summed E-state index contributed by atoms with van der Waals surface area (Å²) in [5, 5.41) is 6.54. The molecule has 2 N–H and O–H groups in total. The smallest absolute Gasteiger partial charge is 0.253 e. The molecule has 1 aromatic rings. The van der Waals surface area contributed by atoms with Gasteiger partial charge < -0.3 is 15.4 Å². The quantitative estimate of drug-likeness (QED) is 0.877. The Hall–Kier alpha value is -1.33. The number of nitrogens with zero attached hydrogens (tertiary/aromatic N) is 1. The standard InChI is InChI=1S/C15H22ClN3O2/c1-3-6-17-13-8-11(12(16)9-18-13)14(20)19-15(2)5-4-7-21-10-15/h8-9H,3-7,10H2,1-2H3,(H,17,18)(H,19,20). The van der Waals surface area contributed by atoms with E-state index in [1.807, 2.05) is 6.92 Å². The van der Waals surface area contributed by atoms with Crippen molar-refractivity contribution in [2.24, 2.45) is 0 Å². The molecule has 5 nitrogen and oxygen atoms in total. The molecule has 0 saturated carbocycles. The van der Waals surface area contributed by atoms with Crippen LogP contribution in [0.5, 0.6) is 0 Å². The lowest BCUT2D eigenvalue weighted by Crippen LogP contribution is -2.51. The van der Waals surface area contributed by atoms with E-state index >= 15 is 0 Å². The molecule has 1 saturated heterocycles. The highest BCUT2D eigenvalue weighted by molar-refractivity contribution is 6.33. The van der Waals surface area contributed by atoms with Gasteiger partial charge in [-0.05, 0) is 32.3 Å². The lowest BCUT2D eigenvalue weighted by molar-refractivity contribution is 0.0272. The average Bonchev–Trinajstić information content (AvgIpc) is 2.46. The van der Waals surface area contributed by atoms with Crippen molar-refractivity contribution in [3.63, 3.8) is 0 Å². The molecular formula is C15H22ClN3O2. The number of hydrogen-bond acceptors (Lipinski definition) is 4. The number of nitrogens with one attached hydrogen (secondary N) is 2. The first-order chi connectivity index (χ1) is 10.0. The first-order valence-electron chi connectivity index (χ1n) is 7.34. The zero-order chi connectivity index (χ0) is 15.3. The third kappa shape index (κ3) is 4.32. The van der Waals surface area contributed by atoms with Crippen LogP contribution in [0.15, 0.2) is 12.3 Å². The van der Waals surface area contributed by atoms with Crippen LogP contribution in [0.25, 0.3) is 0 Å². The SMILES string of the molecule is CCCNc1cc(C(=O)NC2(C)CCCOC2)c(Cl)cn1. The second kappa shape index (κ2) is 7.09. The minimum absolute atomic E-state index is 0.185. The summed E-state index contributed by atoms with van der Waals surface area (Å²) in [7, 11) is 0. The van der Waals surface area contributed by atoms with E-state index < -0.39 is 0 Å². The zero-order valence-corrected chi connectivity index (χ0v) is 13.3. The Labute approximate surface area is 130 Å². The molecule has 0 radical (unpaired) electrons. The van der Waals surface area contributed by atoms with Gasteiger partial charge in [-0.3, -0.25) is 4.79 Å². The Kier molecular flexibility index (Phi) is 5.42. The second-order valence-corrected chi connectivity index (χ2v) is 6.05. The van der Waals surface area contributed by atoms with Crippen molar-refractivity contribution < 1.29 is 9.53 Å². The Balaban J connectivity index is 2.10. The number of amides is 1. The molecule has 0 spiro atoms. The van der Waals surface area contributed by atoms with E-state index in [0.29, 0.717) is 23.0 Å². The summed E-state index contributed by atoms with van der Waals surface area (Å²) in [6, 6.07) is 1.69. The van der Waals surface area contributed by atoms with Gasteiger partial charge in [0.25, 0.3) is 5.91 Å². The van der Waals surface area contributed by atoms with Crippen LogP contribution in [0, 0.1) is 0 Å². The summed E-state index contributed by atoms with van der Waals surface area (Å²) in [6.45, 7) is 6.16. The number of anilines is 1. The van der Waals surface area contributed by atoms with E-state index in [9.17, 15) is 4.79 Å². The van der Waals surface area contributed by atoms with Crippen LogP contribution in [-0.4, -0.2) is 36.2 Å². The number of aromatic nitrogens is 1. The van der Waals surface area contributed by atoms with E-state index in [1.54, 1.807) is 6.07 Å². The van der Waals surface area contributed by atoms with Gasteiger partial charge in [0.1, 0.15) is 5.82 Å². The normalized spacial score (nSPS) is 21.9. The molecule has 1 amide bonds. The monoisotopic (exact) mass is 311 g/mol. The van der Waals surface area contributed by atoms with Gasteiger partial charge in [0.15, 0.2) is 0 Å². The van der Waals surface area contributed by atoms with E-state index in [0.717, 1.165) is 32.4 Å². The van der Waals surface area contributed by atoms with Crippen molar-refractivity contribution >= 4 is 23.3 Å². The Morgan fingerprint density at radius 2 is 2.38 bits per heavy atom. The van der Waals surface area contributed by atoms with Crippen LogP contribution >= 0.6 is 11.6 Å². The van der Waals surface area contributed by atoms with Crippen molar-refractivity contribution in [3.05, 3.63) is 22.8 Å². The molecule has 0 aliphatic carbocycles. The van der Waals surface area contributed by atoms with Gasteiger partial charge in [-0.25, -0.2) is 4.98 Å². The number of ether oxygens (including phenoxy) is 1. The lowest BCUT2D eigenvalue weighted by atomic mass is 9.94. The lowest BCUT2D eigenvalue weighted by Gasteiger charge is -2.34. The average molecular weight is 312 g/mol. The van der Waals surface area contributed by atoms with Crippen LogP contribution in [-0.2, 0) is 4.74 Å². The van der Waals surface area contributed by atoms with Crippen LogP contribution < -0.4 is 10.6 Å². The predicted molar refractivity (Wildman–Crippen MR) is 84.0 cm³/mol. The molecule has 0 bridgehead atoms. The molecule has 1 aliphatic rings. The Morgan fingerprint density at radius 3 is 3.05 bits per heavy atom. The maximum atomic E-state index is 12.5. The molecule has 21 heavy (non-hydrogen) atoms. The van der Waals surface area contributed by atoms with E-state index in [-0.39, 0.29) is 11.4 Å². The number of halogens is 1. The van der Waals surface area contributed by atoms with Crippen molar-refractivity contribution in [2.75, 3.05) is 25.1 Å². The second-order valence-electron chi connectivity index (χ2n) is 5.65. The molecule has 1 fully saturated rings. The van der Waals surface area contributed by atoms with Gasteiger partial charge in [0.2, 0.25) is 0 Å². The van der Waals surface area contributed by atoms with Crippen molar-refractivity contribution in [3.8, 4) is 0 Å². The summed E-state index contributed by atoms with van der Waals surface area (Å²) in [4.78, 5) is 16.6. The zero-order valence-electron chi connectivity index (χ0n) is 12.5. The van der Waals surface area contributed by atoms with E-state index in [1.165, 1.54) is 6.20 Å². The van der Waals surface area contributed by atoms with Crippen LogP contribution in [0.3, 0.4) is 0 Å². The molecule has 2 rings (SSSR count). The largest absolute Gasteiger partial charge is 0.379 e. The number of hydrogen-bond donors (Lipinski definition) is 2. The van der Waals surface area contributed by atoms with Crippen LogP contribution in [0.1, 0.15) is 43.5 Å². The molecule has 1 unspecified atom stereocenters. The Morgan fingerprint density at radius 1 is 1.57 bits per heavy atom. The van der Waals surface area contributed by atoms with Gasteiger partial charge in [-0.2, -0.15) is 0 Å². The maximum Gasteiger partial charge on any atom is 0.253 e. The van der Waals surface area contributed by atoms with Gasteiger partial charge in [0, 0.05) is 19.3 Å². The van der Waals surface area contributed by atoms with Crippen LogP contribution in [0.4, 0.5) is 5.82 Å². The topological polar surface area (TPSA) is 63.2 Å². The number of carbonyl (C=O) groups excluding carboxylic acids is 1. The molecule has 1 aliphatic heterocycles. The van der Waals surface area contributed by atoms with Gasteiger partial charge >= 0.3 is 0 Å². The van der Waals surface area contributed by atoms with Gasteiger partial charge in [0.05, 0.1) is 22.7 Å². The first-order valence-corrected chi connectivity index (χ1v) is 7.71. The van der Waals surface area contributed by atoms with Crippen molar-refractivity contribution in [2.45, 2.75) is 38.6 Å². The van der Waals surface area contributed by atoms with Crippen molar-refractivity contribution in [1.29, 1.82) is 0 Å². The third-order valence-corrected chi connectivity index (χ3v) is 3.81. The fourth-order valence-corrected chi connectivity index (χ4v) is 2.53. The van der Waals surface area contributed by atoms with E-state index in [2.05, 4.69) is 22.5 Å².